The molecule has 2 aromatic carbocycles. The van der Waals surface area contributed by atoms with Gasteiger partial charge in [-0.2, -0.15) is 9.36 Å². The van der Waals surface area contributed by atoms with Gasteiger partial charge in [-0.1, -0.05) is 0 Å². The number of nitrogens with zero attached hydrogens (tertiary/aromatic N) is 2. The van der Waals surface area contributed by atoms with Gasteiger partial charge in [-0.25, -0.2) is 12.8 Å². The van der Waals surface area contributed by atoms with Crippen LogP contribution in [-0.2, 0) is 9.84 Å². The zero-order chi connectivity index (χ0) is 18.0. The van der Waals surface area contributed by atoms with Crippen molar-refractivity contribution in [3.63, 3.8) is 0 Å². The summed E-state index contributed by atoms with van der Waals surface area (Å²) in [5.41, 5.74) is 0.932. The SMILES string of the molecule is CS(=O)(=O)c1ccc(-c2nsc(NC(=O)c3ccc(F)cc3)n2)cc1. The van der Waals surface area contributed by atoms with E-state index in [1.807, 2.05) is 0 Å². The number of anilines is 1. The summed E-state index contributed by atoms with van der Waals surface area (Å²) in [6.07, 6.45) is 1.13. The van der Waals surface area contributed by atoms with Crippen molar-refractivity contribution in [2.45, 2.75) is 4.90 Å². The second kappa shape index (κ2) is 6.69. The number of amides is 1. The van der Waals surface area contributed by atoms with Crippen LogP contribution in [0.4, 0.5) is 9.52 Å². The largest absolute Gasteiger partial charge is 0.297 e. The fourth-order valence-corrected chi connectivity index (χ4v) is 3.23. The van der Waals surface area contributed by atoms with Crippen LogP contribution in [0.1, 0.15) is 10.4 Å². The van der Waals surface area contributed by atoms with Gasteiger partial charge in [-0.05, 0) is 48.5 Å². The molecule has 0 fully saturated rings. The lowest BCUT2D eigenvalue weighted by molar-refractivity contribution is 0.102. The summed E-state index contributed by atoms with van der Waals surface area (Å²) in [6, 6.07) is 11.3. The summed E-state index contributed by atoms with van der Waals surface area (Å²) in [5.74, 6) is -0.470. The molecule has 0 radical (unpaired) electrons. The van der Waals surface area contributed by atoms with Crippen LogP contribution in [0.25, 0.3) is 11.4 Å². The molecule has 6 nitrogen and oxygen atoms in total. The third-order valence-corrected chi connectivity index (χ3v) is 5.05. The average Bonchev–Trinajstić information content (AvgIpc) is 3.03. The first-order valence-electron chi connectivity index (χ1n) is 7.04. The molecule has 25 heavy (non-hydrogen) atoms. The minimum absolute atomic E-state index is 0.205. The van der Waals surface area contributed by atoms with Crippen LogP contribution in [0.5, 0.6) is 0 Å². The highest BCUT2D eigenvalue weighted by Crippen LogP contribution is 2.23. The number of sulfone groups is 1. The molecule has 0 atom stereocenters. The Kier molecular flexibility index (Phi) is 4.60. The van der Waals surface area contributed by atoms with Crippen molar-refractivity contribution in [1.29, 1.82) is 0 Å². The normalized spacial score (nSPS) is 11.3. The molecule has 0 unspecified atom stereocenters. The number of carbonyl (C=O) groups is 1. The number of halogens is 1. The maximum absolute atomic E-state index is 12.9. The van der Waals surface area contributed by atoms with Crippen LogP contribution in [0.2, 0.25) is 0 Å². The van der Waals surface area contributed by atoms with Crippen LogP contribution in [0.15, 0.2) is 53.4 Å². The predicted molar refractivity (Wildman–Crippen MR) is 92.8 cm³/mol. The van der Waals surface area contributed by atoms with Crippen LogP contribution in [-0.4, -0.2) is 29.9 Å². The van der Waals surface area contributed by atoms with Gasteiger partial charge in [0.25, 0.3) is 5.91 Å². The van der Waals surface area contributed by atoms with Crippen LogP contribution in [0, 0.1) is 5.82 Å². The van der Waals surface area contributed by atoms with Gasteiger partial charge in [0.05, 0.1) is 4.90 Å². The maximum atomic E-state index is 12.9. The van der Waals surface area contributed by atoms with E-state index in [1.54, 1.807) is 12.1 Å². The quantitative estimate of drug-likeness (QED) is 0.755. The van der Waals surface area contributed by atoms with E-state index in [-0.39, 0.29) is 10.0 Å². The summed E-state index contributed by atoms with van der Waals surface area (Å²) in [4.78, 5) is 16.5. The van der Waals surface area contributed by atoms with Gasteiger partial charge in [0.1, 0.15) is 5.82 Å². The standard InChI is InChI=1S/C16H12FN3O3S2/c1-25(22,23)13-8-4-10(5-9-13)14-18-16(24-20-14)19-15(21)11-2-6-12(17)7-3-11/h2-9H,1H3,(H,18,19,20,21). The van der Waals surface area contributed by atoms with Gasteiger partial charge in [0.15, 0.2) is 15.7 Å². The fraction of sp³-hybridized carbons (Fsp3) is 0.0625. The maximum Gasteiger partial charge on any atom is 0.257 e. The Morgan fingerprint density at radius 3 is 2.32 bits per heavy atom. The van der Waals surface area contributed by atoms with E-state index in [2.05, 4.69) is 14.7 Å². The highest BCUT2D eigenvalue weighted by atomic mass is 32.2. The number of benzene rings is 2. The minimum atomic E-state index is -3.27. The van der Waals surface area contributed by atoms with Crippen molar-refractivity contribution in [3.05, 3.63) is 59.9 Å². The lowest BCUT2D eigenvalue weighted by Gasteiger charge is -2.01. The van der Waals surface area contributed by atoms with Gasteiger partial charge < -0.3 is 0 Å². The third kappa shape index (κ3) is 4.06. The summed E-state index contributed by atoms with van der Waals surface area (Å²) in [7, 11) is -3.27. The molecule has 0 aliphatic carbocycles. The van der Waals surface area contributed by atoms with E-state index in [0.29, 0.717) is 17.0 Å². The van der Waals surface area contributed by atoms with Crippen LogP contribution in [0.3, 0.4) is 0 Å². The summed E-state index contributed by atoms with van der Waals surface area (Å²) in [6.45, 7) is 0. The topological polar surface area (TPSA) is 89.0 Å². The molecule has 3 rings (SSSR count). The van der Waals surface area contributed by atoms with Gasteiger partial charge >= 0.3 is 0 Å². The van der Waals surface area contributed by atoms with Crippen molar-refractivity contribution in [2.75, 3.05) is 11.6 Å². The third-order valence-electron chi connectivity index (χ3n) is 3.29. The van der Waals surface area contributed by atoms with Gasteiger partial charge in [-0.3, -0.25) is 10.1 Å². The second-order valence-electron chi connectivity index (χ2n) is 5.18. The molecule has 1 amide bonds. The molecule has 1 heterocycles. The van der Waals surface area contributed by atoms with Crippen molar-refractivity contribution in [3.8, 4) is 11.4 Å². The molecule has 0 bridgehead atoms. The summed E-state index contributed by atoms with van der Waals surface area (Å²) < 4.78 is 39.9. The summed E-state index contributed by atoms with van der Waals surface area (Å²) >= 11 is 0.995. The molecule has 0 saturated heterocycles. The molecule has 0 spiro atoms. The van der Waals surface area contributed by atoms with E-state index in [0.717, 1.165) is 17.8 Å². The fourth-order valence-electron chi connectivity index (χ4n) is 2.01. The van der Waals surface area contributed by atoms with E-state index < -0.39 is 21.6 Å². The Balaban J connectivity index is 1.76. The number of carbonyl (C=O) groups excluding carboxylic acids is 1. The molecular weight excluding hydrogens is 365 g/mol. The Hall–Kier alpha value is -2.65. The Labute approximate surface area is 147 Å². The lowest BCUT2D eigenvalue weighted by atomic mass is 10.2. The van der Waals surface area contributed by atoms with Crippen molar-refractivity contribution in [2.24, 2.45) is 0 Å². The zero-order valence-electron chi connectivity index (χ0n) is 12.9. The Morgan fingerprint density at radius 2 is 1.72 bits per heavy atom. The molecule has 3 aromatic rings. The molecule has 1 N–H and O–H groups in total. The molecule has 1 aromatic heterocycles. The highest BCUT2D eigenvalue weighted by Gasteiger charge is 2.12. The first-order chi connectivity index (χ1) is 11.8. The molecule has 0 aliphatic rings. The number of hydrogen-bond donors (Lipinski definition) is 1. The van der Waals surface area contributed by atoms with E-state index in [9.17, 15) is 17.6 Å². The van der Waals surface area contributed by atoms with Gasteiger partial charge in [0.2, 0.25) is 5.13 Å². The van der Waals surface area contributed by atoms with Crippen molar-refractivity contribution >= 4 is 32.4 Å². The zero-order valence-corrected chi connectivity index (χ0v) is 14.6. The van der Waals surface area contributed by atoms with E-state index in [1.165, 1.54) is 36.4 Å². The lowest BCUT2D eigenvalue weighted by Crippen LogP contribution is -2.11. The van der Waals surface area contributed by atoms with Crippen LogP contribution < -0.4 is 5.32 Å². The molecule has 0 aliphatic heterocycles. The van der Waals surface area contributed by atoms with E-state index >= 15 is 0 Å². The highest BCUT2D eigenvalue weighted by molar-refractivity contribution is 7.90. The number of aromatic nitrogens is 2. The summed E-state index contributed by atoms with van der Waals surface area (Å²) in [5, 5.41) is 2.88. The van der Waals surface area contributed by atoms with Crippen LogP contribution >= 0.6 is 11.5 Å². The van der Waals surface area contributed by atoms with Gasteiger partial charge in [-0.15, -0.1) is 0 Å². The molecular formula is C16H12FN3O3S2. The molecule has 0 saturated carbocycles. The number of nitrogens with one attached hydrogen (secondary N) is 1. The first kappa shape index (κ1) is 17.2. The average molecular weight is 377 g/mol. The molecule has 9 heteroatoms. The number of rotatable bonds is 4. The minimum Gasteiger partial charge on any atom is -0.297 e. The second-order valence-corrected chi connectivity index (χ2v) is 7.95. The van der Waals surface area contributed by atoms with Crippen molar-refractivity contribution < 1.29 is 17.6 Å². The van der Waals surface area contributed by atoms with Gasteiger partial charge in [0, 0.05) is 28.9 Å². The Morgan fingerprint density at radius 1 is 1.08 bits per heavy atom. The monoisotopic (exact) mass is 377 g/mol. The Bertz CT molecular complexity index is 1010. The first-order valence-corrected chi connectivity index (χ1v) is 9.70. The number of hydrogen-bond acceptors (Lipinski definition) is 6. The smallest absolute Gasteiger partial charge is 0.257 e. The van der Waals surface area contributed by atoms with E-state index in [4.69, 9.17) is 0 Å². The van der Waals surface area contributed by atoms with Crippen molar-refractivity contribution in [1.82, 2.24) is 9.36 Å². The predicted octanol–water partition coefficient (Wildman–Crippen LogP) is 3.00. The molecule has 128 valence electrons.